The van der Waals surface area contributed by atoms with E-state index in [0.717, 1.165) is 28.1 Å². The number of nitrogens with one attached hydrogen (secondary N) is 1. The highest BCUT2D eigenvalue weighted by Crippen LogP contribution is 2.31. The van der Waals surface area contributed by atoms with Gasteiger partial charge in [0.2, 0.25) is 15.9 Å². The summed E-state index contributed by atoms with van der Waals surface area (Å²) >= 11 is 0. The highest BCUT2D eigenvalue weighted by Gasteiger charge is 2.33. The number of rotatable bonds is 7. The molecule has 0 aliphatic carbocycles. The zero-order valence-electron chi connectivity index (χ0n) is 17.5. The summed E-state index contributed by atoms with van der Waals surface area (Å²) in [7, 11) is -4.32. The van der Waals surface area contributed by atoms with Crippen LogP contribution in [0.5, 0.6) is 0 Å². The molecule has 3 rings (SSSR count). The lowest BCUT2D eigenvalue weighted by atomic mass is 10.1. The van der Waals surface area contributed by atoms with E-state index < -0.39 is 32.6 Å². The number of sulfonamides is 1. The minimum Gasteiger partial charge on any atom is -0.759 e. The zero-order chi connectivity index (χ0) is 24.2. The van der Waals surface area contributed by atoms with Crippen molar-refractivity contribution in [2.45, 2.75) is 31.1 Å². The molecule has 33 heavy (non-hydrogen) atoms. The van der Waals surface area contributed by atoms with Crippen LogP contribution in [-0.2, 0) is 29.3 Å². The number of nitrogens with zero attached hydrogens (tertiary/aromatic N) is 1. The highest BCUT2D eigenvalue weighted by atomic mass is 32.2. The third-order valence-electron chi connectivity index (χ3n) is 4.95. The van der Waals surface area contributed by atoms with Crippen LogP contribution in [0.4, 0.5) is 13.2 Å². The van der Waals surface area contributed by atoms with Gasteiger partial charge in [-0.05, 0) is 48.4 Å². The van der Waals surface area contributed by atoms with Gasteiger partial charge in [-0.2, -0.15) is 17.5 Å². The molecular formula is C23H20F3N2O4S-. The molecule has 0 saturated heterocycles. The van der Waals surface area contributed by atoms with E-state index in [1.54, 1.807) is 24.3 Å². The lowest BCUT2D eigenvalue weighted by molar-refractivity contribution is -0.137. The van der Waals surface area contributed by atoms with Crippen molar-refractivity contribution in [2.75, 3.05) is 0 Å². The number of carbonyl (C=O) groups excluding carboxylic acids is 1. The molecule has 1 amide bonds. The number of aryl methyl sites for hydroxylation is 1. The Balaban J connectivity index is 1.99. The first-order chi connectivity index (χ1) is 15.5. The normalized spacial score (nSPS) is 12.1. The fraction of sp³-hybridized carbons (Fsp3) is 0.174. The molecule has 3 aromatic rings. The van der Waals surface area contributed by atoms with E-state index in [9.17, 15) is 31.6 Å². The summed E-state index contributed by atoms with van der Waals surface area (Å²) in [5.41, 5.74) is 2.40. The lowest BCUT2D eigenvalue weighted by Crippen LogP contribution is -2.30. The summed E-state index contributed by atoms with van der Waals surface area (Å²) in [5.74, 6) is -0.838. The van der Waals surface area contributed by atoms with Crippen LogP contribution in [0.3, 0.4) is 0 Å². The molecule has 0 aliphatic rings. The minimum atomic E-state index is -4.69. The molecule has 0 radical (unpaired) electrons. The van der Waals surface area contributed by atoms with Crippen LogP contribution in [0.2, 0.25) is 0 Å². The molecule has 0 fully saturated rings. The van der Waals surface area contributed by atoms with Gasteiger partial charge in [0, 0.05) is 18.7 Å². The third kappa shape index (κ3) is 5.98. The van der Waals surface area contributed by atoms with Gasteiger partial charge < -0.3 is 10.7 Å². The third-order valence-corrected chi connectivity index (χ3v) is 6.73. The van der Waals surface area contributed by atoms with Crippen molar-refractivity contribution < 1.29 is 26.4 Å². The van der Waals surface area contributed by atoms with Gasteiger partial charge in [0.25, 0.3) is 0 Å². The van der Waals surface area contributed by atoms with Crippen molar-refractivity contribution >= 4 is 15.9 Å². The number of amides is 1. The second-order valence-electron chi connectivity index (χ2n) is 7.41. The largest absolute Gasteiger partial charge is 0.759 e. The SMILES string of the molecule is Cc1ccc(CN(Cc2ccc(C(=O)N[O-])cc2)S(=O)(=O)c2cccc(C(F)(F)F)c2)cc1. The summed E-state index contributed by atoms with van der Waals surface area (Å²) in [6, 6.07) is 16.4. The summed E-state index contributed by atoms with van der Waals surface area (Å²) in [4.78, 5) is 11.0. The Morgan fingerprint density at radius 1 is 0.939 bits per heavy atom. The molecule has 0 heterocycles. The monoisotopic (exact) mass is 477 g/mol. The molecule has 6 nitrogen and oxygen atoms in total. The van der Waals surface area contributed by atoms with E-state index in [0.29, 0.717) is 17.2 Å². The van der Waals surface area contributed by atoms with Crippen LogP contribution in [-0.4, -0.2) is 18.6 Å². The molecule has 0 aromatic heterocycles. The quantitative estimate of drug-likeness (QED) is 0.503. The molecule has 0 aliphatic heterocycles. The number of hydrogen-bond donors (Lipinski definition) is 1. The van der Waals surface area contributed by atoms with Gasteiger partial charge in [-0.15, -0.1) is 0 Å². The van der Waals surface area contributed by atoms with Crippen LogP contribution < -0.4 is 5.48 Å². The Kier molecular flexibility index (Phi) is 7.21. The molecule has 0 spiro atoms. The predicted octanol–water partition coefficient (Wildman–Crippen LogP) is 4.63. The van der Waals surface area contributed by atoms with Crippen LogP contribution in [0.25, 0.3) is 0 Å². The van der Waals surface area contributed by atoms with Gasteiger partial charge in [0.1, 0.15) is 0 Å². The number of benzene rings is 3. The Morgan fingerprint density at radius 2 is 1.48 bits per heavy atom. The molecule has 174 valence electrons. The Labute approximate surface area is 189 Å². The fourth-order valence-electron chi connectivity index (χ4n) is 3.13. The Hall–Kier alpha value is -3.21. The molecule has 3 aromatic carbocycles. The van der Waals surface area contributed by atoms with Gasteiger partial charge in [0.15, 0.2) is 0 Å². The molecule has 0 bridgehead atoms. The smallest absolute Gasteiger partial charge is 0.416 e. The van der Waals surface area contributed by atoms with E-state index in [1.165, 1.54) is 29.7 Å². The summed E-state index contributed by atoms with van der Waals surface area (Å²) in [6.45, 7) is 1.63. The first kappa shape index (κ1) is 24.4. The molecule has 0 unspecified atom stereocenters. The van der Waals surface area contributed by atoms with Crippen molar-refractivity contribution in [1.82, 2.24) is 9.79 Å². The van der Waals surface area contributed by atoms with Gasteiger partial charge in [0.05, 0.1) is 10.5 Å². The minimum absolute atomic E-state index is 0.0817. The van der Waals surface area contributed by atoms with Crippen LogP contribution in [0.15, 0.2) is 77.7 Å². The number of alkyl halides is 3. The van der Waals surface area contributed by atoms with Crippen LogP contribution >= 0.6 is 0 Å². The molecule has 0 saturated carbocycles. The number of hydrogen-bond acceptors (Lipinski definition) is 4. The first-order valence-electron chi connectivity index (χ1n) is 9.75. The van der Waals surface area contributed by atoms with E-state index in [-0.39, 0.29) is 18.7 Å². The molecule has 0 atom stereocenters. The standard InChI is InChI=1S/C23H20F3N2O4S/c1-16-5-7-17(8-6-16)14-28(15-18-9-11-19(12-10-18)22(29)27-30)33(31,32)21-4-2-3-20(13-21)23(24,25)26/h2-13H,14-15H2,1H3,(H-,27,29,30)/q-1. The van der Waals surface area contributed by atoms with Crippen molar-refractivity contribution in [3.8, 4) is 0 Å². The van der Waals surface area contributed by atoms with Crippen molar-refractivity contribution in [1.29, 1.82) is 0 Å². The van der Waals surface area contributed by atoms with Crippen molar-refractivity contribution in [3.63, 3.8) is 0 Å². The number of halogens is 3. The average molecular weight is 477 g/mol. The predicted molar refractivity (Wildman–Crippen MR) is 116 cm³/mol. The number of carbonyl (C=O) groups is 1. The zero-order valence-corrected chi connectivity index (χ0v) is 18.3. The fourth-order valence-corrected chi connectivity index (χ4v) is 4.59. The highest BCUT2D eigenvalue weighted by molar-refractivity contribution is 7.89. The van der Waals surface area contributed by atoms with E-state index in [4.69, 9.17) is 0 Å². The van der Waals surface area contributed by atoms with Crippen LogP contribution in [0, 0.1) is 12.1 Å². The van der Waals surface area contributed by atoms with E-state index in [1.807, 2.05) is 6.92 Å². The van der Waals surface area contributed by atoms with Crippen LogP contribution in [0.1, 0.15) is 32.6 Å². The summed E-state index contributed by atoms with van der Waals surface area (Å²) in [6.07, 6.45) is -4.69. The van der Waals surface area contributed by atoms with Gasteiger partial charge in [-0.3, -0.25) is 4.79 Å². The molecular weight excluding hydrogens is 457 g/mol. The van der Waals surface area contributed by atoms with Gasteiger partial charge in [-0.25, -0.2) is 8.42 Å². The summed E-state index contributed by atoms with van der Waals surface area (Å²) < 4.78 is 67.3. The topological polar surface area (TPSA) is 89.5 Å². The molecule has 10 heteroatoms. The molecule has 1 N–H and O–H groups in total. The Morgan fingerprint density at radius 3 is 2.00 bits per heavy atom. The van der Waals surface area contributed by atoms with Crippen molar-refractivity contribution in [3.05, 3.63) is 106 Å². The van der Waals surface area contributed by atoms with Gasteiger partial charge >= 0.3 is 6.18 Å². The Bertz CT molecular complexity index is 1230. The van der Waals surface area contributed by atoms with Crippen molar-refractivity contribution in [2.24, 2.45) is 0 Å². The second kappa shape index (κ2) is 9.74. The maximum Gasteiger partial charge on any atom is 0.416 e. The first-order valence-corrected chi connectivity index (χ1v) is 11.2. The van der Waals surface area contributed by atoms with E-state index >= 15 is 0 Å². The maximum atomic E-state index is 13.4. The second-order valence-corrected chi connectivity index (χ2v) is 9.35. The van der Waals surface area contributed by atoms with Gasteiger partial charge in [-0.1, -0.05) is 48.0 Å². The summed E-state index contributed by atoms with van der Waals surface area (Å²) in [5, 5.41) is 10.5. The maximum absolute atomic E-state index is 13.4. The number of hydroxylamine groups is 1. The average Bonchev–Trinajstić information content (AvgIpc) is 2.79. The lowest BCUT2D eigenvalue weighted by Gasteiger charge is -2.23. The van der Waals surface area contributed by atoms with E-state index in [2.05, 4.69) is 0 Å².